The molecule has 0 bridgehead atoms. The molecule has 0 unspecified atom stereocenters. The third-order valence-corrected chi connectivity index (χ3v) is 5.15. The number of nitrogens with one attached hydrogen (secondary N) is 1. The van der Waals surface area contributed by atoms with Gasteiger partial charge in [0.1, 0.15) is 0 Å². The van der Waals surface area contributed by atoms with E-state index in [0.717, 1.165) is 30.0 Å². The Morgan fingerprint density at radius 2 is 1.55 bits per heavy atom. The molecular formula is C21H22F3N3O2. The monoisotopic (exact) mass is 405 g/mol. The van der Waals surface area contributed by atoms with E-state index >= 15 is 0 Å². The molecule has 1 aliphatic heterocycles. The normalized spacial score (nSPS) is 14.7. The molecule has 1 fully saturated rings. The van der Waals surface area contributed by atoms with Crippen LogP contribution in [-0.4, -0.2) is 42.9 Å². The van der Waals surface area contributed by atoms with Gasteiger partial charge < -0.3 is 15.1 Å². The molecule has 0 saturated carbocycles. The highest BCUT2D eigenvalue weighted by Crippen LogP contribution is 2.30. The molecule has 1 heterocycles. The lowest BCUT2D eigenvalue weighted by molar-refractivity contribution is -0.143. The number of carbonyl (C=O) groups excluding carboxylic acids is 2. The standard InChI is InChI=1S/C21H22F3N3O2/c1-14-4-3-5-18(15(14)2)26-10-12-27(13-11-26)20(29)19(28)25-17-8-6-16(7-9-17)21(22,23)24/h3-9H,10-13H2,1-2H3,(H,25,28). The van der Waals surface area contributed by atoms with Gasteiger partial charge in [0.25, 0.3) is 0 Å². The van der Waals surface area contributed by atoms with Crippen molar-refractivity contribution >= 4 is 23.2 Å². The summed E-state index contributed by atoms with van der Waals surface area (Å²) < 4.78 is 37.8. The van der Waals surface area contributed by atoms with Crippen molar-refractivity contribution in [1.82, 2.24) is 4.90 Å². The van der Waals surface area contributed by atoms with Crippen LogP contribution in [0.25, 0.3) is 0 Å². The van der Waals surface area contributed by atoms with Gasteiger partial charge in [-0.05, 0) is 55.3 Å². The summed E-state index contributed by atoms with van der Waals surface area (Å²) in [7, 11) is 0. The van der Waals surface area contributed by atoms with Crippen molar-refractivity contribution in [2.75, 3.05) is 36.4 Å². The number of carbonyl (C=O) groups is 2. The molecule has 1 aliphatic rings. The van der Waals surface area contributed by atoms with Crippen LogP contribution >= 0.6 is 0 Å². The number of benzene rings is 2. The second-order valence-corrected chi connectivity index (χ2v) is 7.03. The summed E-state index contributed by atoms with van der Waals surface area (Å²) in [6.07, 6.45) is -4.45. The second kappa shape index (κ2) is 8.14. The zero-order chi connectivity index (χ0) is 21.2. The van der Waals surface area contributed by atoms with Gasteiger partial charge in [-0.2, -0.15) is 13.2 Å². The topological polar surface area (TPSA) is 52.7 Å². The average Bonchev–Trinajstić information content (AvgIpc) is 2.69. The maximum absolute atomic E-state index is 12.6. The van der Waals surface area contributed by atoms with Crippen LogP contribution in [0.3, 0.4) is 0 Å². The second-order valence-electron chi connectivity index (χ2n) is 7.03. The Morgan fingerprint density at radius 3 is 2.14 bits per heavy atom. The van der Waals surface area contributed by atoms with E-state index in [1.54, 1.807) is 0 Å². The first kappa shape index (κ1) is 20.7. The fourth-order valence-corrected chi connectivity index (χ4v) is 3.30. The van der Waals surface area contributed by atoms with Crippen molar-refractivity contribution in [2.24, 2.45) is 0 Å². The zero-order valence-electron chi connectivity index (χ0n) is 16.2. The van der Waals surface area contributed by atoms with Crippen LogP contribution in [0.2, 0.25) is 0 Å². The van der Waals surface area contributed by atoms with E-state index in [2.05, 4.69) is 17.1 Å². The summed E-state index contributed by atoms with van der Waals surface area (Å²) in [6.45, 7) is 6.09. The average molecular weight is 405 g/mol. The SMILES string of the molecule is Cc1cccc(N2CCN(C(=O)C(=O)Nc3ccc(C(F)(F)F)cc3)CC2)c1C. The highest BCUT2D eigenvalue weighted by Gasteiger charge is 2.30. The molecule has 0 aromatic heterocycles. The molecule has 3 rings (SSSR count). The molecular weight excluding hydrogens is 383 g/mol. The molecule has 29 heavy (non-hydrogen) atoms. The van der Waals surface area contributed by atoms with Crippen molar-refractivity contribution in [3.8, 4) is 0 Å². The number of alkyl halides is 3. The van der Waals surface area contributed by atoms with Crippen LogP contribution < -0.4 is 10.2 Å². The minimum atomic E-state index is -4.45. The fourth-order valence-electron chi connectivity index (χ4n) is 3.30. The number of piperazine rings is 1. The first-order chi connectivity index (χ1) is 13.7. The lowest BCUT2D eigenvalue weighted by Crippen LogP contribution is -2.51. The van der Waals surface area contributed by atoms with Crippen molar-refractivity contribution in [3.05, 3.63) is 59.2 Å². The van der Waals surface area contributed by atoms with E-state index in [-0.39, 0.29) is 5.69 Å². The lowest BCUT2D eigenvalue weighted by Gasteiger charge is -2.36. The van der Waals surface area contributed by atoms with Crippen molar-refractivity contribution < 1.29 is 22.8 Å². The molecule has 2 amide bonds. The predicted octanol–water partition coefficient (Wildman–Crippen LogP) is 3.61. The van der Waals surface area contributed by atoms with Crippen molar-refractivity contribution in [3.63, 3.8) is 0 Å². The number of nitrogens with zero attached hydrogens (tertiary/aromatic N) is 2. The summed E-state index contributed by atoms with van der Waals surface area (Å²) in [5.41, 5.74) is 2.82. The predicted molar refractivity (Wildman–Crippen MR) is 105 cm³/mol. The number of amides is 2. The highest BCUT2D eigenvalue weighted by molar-refractivity contribution is 6.39. The Labute approximate surface area is 167 Å². The highest BCUT2D eigenvalue weighted by atomic mass is 19.4. The Bertz CT molecular complexity index is 902. The number of hydrogen-bond donors (Lipinski definition) is 1. The summed E-state index contributed by atoms with van der Waals surface area (Å²) in [4.78, 5) is 28.3. The summed E-state index contributed by atoms with van der Waals surface area (Å²) in [6, 6.07) is 10.1. The first-order valence-corrected chi connectivity index (χ1v) is 9.25. The van der Waals surface area contributed by atoms with Gasteiger partial charge in [0, 0.05) is 37.6 Å². The summed E-state index contributed by atoms with van der Waals surface area (Å²) in [5.74, 6) is -1.55. The minimum absolute atomic E-state index is 0.144. The maximum Gasteiger partial charge on any atom is 0.416 e. The van der Waals surface area contributed by atoms with Gasteiger partial charge in [0.15, 0.2) is 0 Å². The van der Waals surface area contributed by atoms with Gasteiger partial charge in [-0.15, -0.1) is 0 Å². The van der Waals surface area contributed by atoms with E-state index in [0.29, 0.717) is 26.2 Å². The molecule has 0 radical (unpaired) electrons. The number of anilines is 2. The summed E-state index contributed by atoms with van der Waals surface area (Å²) in [5, 5.41) is 2.37. The molecule has 0 atom stereocenters. The Kier molecular flexibility index (Phi) is 5.81. The molecule has 8 heteroatoms. The van der Waals surface area contributed by atoms with Crippen molar-refractivity contribution in [1.29, 1.82) is 0 Å². The molecule has 1 N–H and O–H groups in total. The molecule has 2 aromatic carbocycles. The third kappa shape index (κ3) is 4.70. The van der Waals surface area contributed by atoms with Gasteiger partial charge >= 0.3 is 18.0 Å². The zero-order valence-corrected chi connectivity index (χ0v) is 16.2. The number of halogens is 3. The van der Waals surface area contributed by atoms with E-state index in [9.17, 15) is 22.8 Å². The van der Waals surface area contributed by atoms with Gasteiger partial charge in [-0.25, -0.2) is 0 Å². The summed E-state index contributed by atoms with van der Waals surface area (Å²) >= 11 is 0. The van der Waals surface area contributed by atoms with Crippen LogP contribution in [0.1, 0.15) is 16.7 Å². The van der Waals surface area contributed by atoms with Crippen LogP contribution in [-0.2, 0) is 15.8 Å². The number of hydrogen-bond acceptors (Lipinski definition) is 3. The van der Waals surface area contributed by atoms with Crippen LogP contribution in [0.5, 0.6) is 0 Å². The van der Waals surface area contributed by atoms with Crippen LogP contribution in [0, 0.1) is 13.8 Å². The third-order valence-electron chi connectivity index (χ3n) is 5.15. The van der Waals surface area contributed by atoms with Crippen molar-refractivity contribution in [2.45, 2.75) is 20.0 Å². The molecule has 0 aliphatic carbocycles. The Morgan fingerprint density at radius 1 is 0.931 bits per heavy atom. The Balaban J connectivity index is 1.57. The minimum Gasteiger partial charge on any atom is -0.368 e. The Hall–Kier alpha value is -3.03. The molecule has 5 nitrogen and oxygen atoms in total. The maximum atomic E-state index is 12.6. The van der Waals surface area contributed by atoms with Gasteiger partial charge in [-0.3, -0.25) is 9.59 Å². The molecule has 154 valence electrons. The van der Waals surface area contributed by atoms with E-state index < -0.39 is 23.6 Å². The van der Waals surface area contributed by atoms with Gasteiger partial charge in [0.2, 0.25) is 0 Å². The van der Waals surface area contributed by atoms with E-state index in [1.165, 1.54) is 16.0 Å². The molecule has 2 aromatic rings. The van der Waals surface area contributed by atoms with E-state index in [1.807, 2.05) is 25.1 Å². The number of rotatable bonds is 2. The number of aryl methyl sites for hydroxylation is 1. The van der Waals surface area contributed by atoms with Gasteiger partial charge in [-0.1, -0.05) is 12.1 Å². The fraction of sp³-hybridized carbons (Fsp3) is 0.333. The first-order valence-electron chi connectivity index (χ1n) is 9.25. The largest absolute Gasteiger partial charge is 0.416 e. The van der Waals surface area contributed by atoms with E-state index in [4.69, 9.17) is 0 Å². The van der Waals surface area contributed by atoms with Crippen LogP contribution in [0.4, 0.5) is 24.5 Å². The lowest BCUT2D eigenvalue weighted by atomic mass is 10.1. The molecule has 1 saturated heterocycles. The van der Waals surface area contributed by atoms with Crippen LogP contribution in [0.15, 0.2) is 42.5 Å². The smallest absolute Gasteiger partial charge is 0.368 e. The molecule has 0 spiro atoms. The van der Waals surface area contributed by atoms with Gasteiger partial charge in [0.05, 0.1) is 5.56 Å². The quantitative estimate of drug-likeness (QED) is 0.777.